The van der Waals surface area contributed by atoms with Crippen molar-refractivity contribution in [3.8, 4) is 6.07 Å². The van der Waals surface area contributed by atoms with Gasteiger partial charge in [-0.2, -0.15) is 5.26 Å². The van der Waals surface area contributed by atoms with Crippen LogP contribution in [0, 0.1) is 18.3 Å². The number of nitrogens with zero attached hydrogens (tertiary/aromatic N) is 1. The van der Waals surface area contributed by atoms with E-state index in [0.29, 0.717) is 12.1 Å². The molecule has 96 valence electrons. The lowest BCUT2D eigenvalue weighted by Gasteiger charge is -2.15. The predicted octanol–water partition coefficient (Wildman–Crippen LogP) is 2.98. The van der Waals surface area contributed by atoms with Crippen LogP contribution in [0.5, 0.6) is 0 Å². The second kappa shape index (κ2) is 6.03. The molecule has 0 spiro atoms. The van der Waals surface area contributed by atoms with Crippen molar-refractivity contribution < 1.29 is 0 Å². The minimum Gasteiger partial charge on any atom is -0.382 e. The molecule has 3 nitrogen and oxygen atoms in total. The molecule has 1 unspecified atom stereocenters. The summed E-state index contributed by atoms with van der Waals surface area (Å²) in [7, 11) is 0. The maximum absolute atomic E-state index is 9.07. The highest BCUT2D eigenvalue weighted by Crippen LogP contribution is 2.18. The summed E-state index contributed by atoms with van der Waals surface area (Å²) in [5.41, 5.74) is 9.82. The fourth-order valence-corrected chi connectivity index (χ4v) is 1.94. The summed E-state index contributed by atoms with van der Waals surface area (Å²) in [6.07, 6.45) is 0. The summed E-state index contributed by atoms with van der Waals surface area (Å²) in [4.78, 5) is 0. The molecule has 2 aromatic carbocycles. The number of nitrogens with two attached hydrogens (primary N) is 1. The molecular formula is C16H17N3. The number of aryl methyl sites for hydroxylation is 1. The van der Waals surface area contributed by atoms with Crippen molar-refractivity contribution in [1.29, 1.82) is 5.26 Å². The van der Waals surface area contributed by atoms with E-state index in [2.05, 4.69) is 11.4 Å². The highest BCUT2D eigenvalue weighted by Gasteiger charge is 2.07. The third kappa shape index (κ3) is 3.34. The molecule has 3 heteroatoms. The van der Waals surface area contributed by atoms with Gasteiger partial charge in [-0.25, -0.2) is 0 Å². The molecule has 0 amide bonds. The Hall–Kier alpha value is -2.31. The number of nitriles is 1. The number of rotatable bonds is 4. The van der Waals surface area contributed by atoms with E-state index in [1.54, 1.807) is 0 Å². The zero-order chi connectivity index (χ0) is 13.7. The first kappa shape index (κ1) is 13.1. The number of hydrogen-bond donors (Lipinski definition) is 2. The first-order chi connectivity index (χ1) is 9.20. The number of nitrogens with one attached hydrogen (secondary N) is 1. The molecule has 0 aliphatic rings. The molecule has 3 N–H and O–H groups in total. The molecular weight excluding hydrogens is 234 g/mol. The van der Waals surface area contributed by atoms with Crippen molar-refractivity contribution in [2.24, 2.45) is 5.73 Å². The van der Waals surface area contributed by atoms with Gasteiger partial charge in [-0.1, -0.05) is 36.4 Å². The molecule has 0 bridgehead atoms. The molecule has 0 heterocycles. The Morgan fingerprint density at radius 2 is 1.95 bits per heavy atom. The van der Waals surface area contributed by atoms with Gasteiger partial charge in [0.2, 0.25) is 0 Å². The van der Waals surface area contributed by atoms with Gasteiger partial charge in [0.1, 0.15) is 6.07 Å². The van der Waals surface area contributed by atoms with Crippen molar-refractivity contribution in [2.45, 2.75) is 13.0 Å². The van der Waals surface area contributed by atoms with Crippen LogP contribution in [0.3, 0.4) is 0 Å². The molecule has 19 heavy (non-hydrogen) atoms. The highest BCUT2D eigenvalue weighted by atomic mass is 14.9. The van der Waals surface area contributed by atoms with Crippen molar-refractivity contribution in [3.63, 3.8) is 0 Å². The van der Waals surface area contributed by atoms with E-state index in [-0.39, 0.29) is 6.04 Å². The Bertz CT molecular complexity index is 585. The van der Waals surface area contributed by atoms with Gasteiger partial charge in [0.15, 0.2) is 0 Å². The van der Waals surface area contributed by atoms with Gasteiger partial charge in [0.05, 0.1) is 11.3 Å². The van der Waals surface area contributed by atoms with Crippen LogP contribution in [0.2, 0.25) is 0 Å². The van der Waals surface area contributed by atoms with Gasteiger partial charge >= 0.3 is 0 Å². The largest absolute Gasteiger partial charge is 0.382 e. The van der Waals surface area contributed by atoms with Crippen LogP contribution >= 0.6 is 0 Å². The van der Waals surface area contributed by atoms with Crippen LogP contribution in [0.15, 0.2) is 48.5 Å². The van der Waals surface area contributed by atoms with E-state index in [4.69, 9.17) is 11.0 Å². The maximum Gasteiger partial charge on any atom is 0.101 e. The maximum atomic E-state index is 9.07. The smallest absolute Gasteiger partial charge is 0.101 e. The van der Waals surface area contributed by atoms with Gasteiger partial charge in [-0.15, -0.1) is 0 Å². The van der Waals surface area contributed by atoms with Crippen molar-refractivity contribution in [3.05, 3.63) is 65.2 Å². The molecule has 0 fully saturated rings. The number of hydrogen-bond acceptors (Lipinski definition) is 3. The second-order valence-electron chi connectivity index (χ2n) is 4.56. The van der Waals surface area contributed by atoms with E-state index in [1.165, 1.54) is 0 Å². The highest BCUT2D eigenvalue weighted by molar-refractivity contribution is 5.58. The molecule has 2 rings (SSSR count). The average Bonchev–Trinajstić information content (AvgIpc) is 2.46. The zero-order valence-electron chi connectivity index (χ0n) is 10.9. The van der Waals surface area contributed by atoms with Crippen LogP contribution in [-0.2, 0) is 0 Å². The monoisotopic (exact) mass is 251 g/mol. The quantitative estimate of drug-likeness (QED) is 0.878. The zero-order valence-corrected chi connectivity index (χ0v) is 10.9. The first-order valence-corrected chi connectivity index (χ1v) is 6.26. The molecule has 0 aromatic heterocycles. The molecule has 2 aromatic rings. The summed E-state index contributed by atoms with van der Waals surface area (Å²) < 4.78 is 0. The number of anilines is 1. The summed E-state index contributed by atoms with van der Waals surface area (Å²) in [5.74, 6) is 0. The minimum atomic E-state index is -0.0896. The van der Waals surface area contributed by atoms with Gasteiger partial charge in [0, 0.05) is 12.6 Å². The summed E-state index contributed by atoms with van der Waals surface area (Å²) >= 11 is 0. The van der Waals surface area contributed by atoms with Crippen LogP contribution in [0.4, 0.5) is 5.69 Å². The third-order valence-electron chi connectivity index (χ3n) is 3.04. The predicted molar refractivity (Wildman–Crippen MR) is 77.8 cm³/mol. The third-order valence-corrected chi connectivity index (χ3v) is 3.04. The average molecular weight is 251 g/mol. The molecule has 0 aliphatic carbocycles. The first-order valence-electron chi connectivity index (χ1n) is 6.26. The fourth-order valence-electron chi connectivity index (χ4n) is 1.94. The van der Waals surface area contributed by atoms with Crippen LogP contribution in [-0.4, -0.2) is 6.54 Å². The van der Waals surface area contributed by atoms with Crippen molar-refractivity contribution in [1.82, 2.24) is 0 Å². The Morgan fingerprint density at radius 1 is 1.21 bits per heavy atom. The lowest BCUT2D eigenvalue weighted by atomic mass is 10.1. The van der Waals surface area contributed by atoms with Crippen LogP contribution in [0.25, 0.3) is 0 Å². The summed E-state index contributed by atoms with van der Waals surface area (Å²) in [6.45, 7) is 2.60. The molecule has 0 saturated carbocycles. The molecule has 1 atom stereocenters. The summed E-state index contributed by atoms with van der Waals surface area (Å²) in [6, 6.07) is 17.8. The lowest BCUT2D eigenvalue weighted by molar-refractivity contribution is 0.764. The molecule has 0 aliphatic heterocycles. The van der Waals surface area contributed by atoms with E-state index >= 15 is 0 Å². The fraction of sp³-hybridized carbons (Fsp3) is 0.188. The molecule has 0 saturated heterocycles. The van der Waals surface area contributed by atoms with E-state index in [9.17, 15) is 0 Å². The van der Waals surface area contributed by atoms with E-state index < -0.39 is 0 Å². The van der Waals surface area contributed by atoms with E-state index in [0.717, 1.165) is 16.8 Å². The van der Waals surface area contributed by atoms with E-state index in [1.807, 2.05) is 55.5 Å². The SMILES string of the molecule is Cc1ccc(C#N)c(NCC(N)c2ccccc2)c1. The summed E-state index contributed by atoms with van der Waals surface area (Å²) in [5, 5.41) is 12.3. The van der Waals surface area contributed by atoms with Crippen LogP contribution < -0.4 is 11.1 Å². The van der Waals surface area contributed by atoms with Gasteiger partial charge in [0.25, 0.3) is 0 Å². The Labute approximate surface area is 113 Å². The Morgan fingerprint density at radius 3 is 2.63 bits per heavy atom. The van der Waals surface area contributed by atoms with Crippen molar-refractivity contribution >= 4 is 5.69 Å². The Balaban J connectivity index is 2.07. The minimum absolute atomic E-state index is 0.0896. The van der Waals surface area contributed by atoms with Crippen LogP contribution in [0.1, 0.15) is 22.7 Å². The van der Waals surface area contributed by atoms with Gasteiger partial charge in [-0.3, -0.25) is 0 Å². The molecule has 0 radical (unpaired) electrons. The Kier molecular flexibility index (Phi) is 4.17. The standard InChI is InChI=1S/C16H17N3/c1-12-7-8-14(10-17)16(9-12)19-11-15(18)13-5-3-2-4-6-13/h2-9,15,19H,11,18H2,1H3. The van der Waals surface area contributed by atoms with Gasteiger partial charge < -0.3 is 11.1 Å². The normalized spacial score (nSPS) is 11.6. The van der Waals surface area contributed by atoms with Crippen molar-refractivity contribution in [2.75, 3.05) is 11.9 Å². The second-order valence-corrected chi connectivity index (χ2v) is 4.56. The lowest BCUT2D eigenvalue weighted by Crippen LogP contribution is -2.20. The topological polar surface area (TPSA) is 61.8 Å². The van der Waals surface area contributed by atoms with Gasteiger partial charge in [-0.05, 0) is 30.2 Å². The number of benzene rings is 2.